The van der Waals surface area contributed by atoms with Crippen molar-refractivity contribution < 1.29 is 4.39 Å². The first kappa shape index (κ1) is 15.1. The maximum Gasteiger partial charge on any atom is 0.123 e. The van der Waals surface area contributed by atoms with Crippen LogP contribution in [0.3, 0.4) is 0 Å². The number of aryl methyl sites for hydroxylation is 2. The van der Waals surface area contributed by atoms with Crippen LogP contribution in [0, 0.1) is 19.7 Å². The van der Waals surface area contributed by atoms with Gasteiger partial charge in [0.2, 0.25) is 0 Å². The molecule has 2 N–H and O–H groups in total. The Hall–Kier alpha value is -1.32. The molecule has 2 rings (SSSR count). The summed E-state index contributed by atoms with van der Waals surface area (Å²) < 4.78 is 13.3. The van der Waals surface area contributed by atoms with Gasteiger partial charge in [-0.2, -0.15) is 0 Å². The van der Waals surface area contributed by atoms with Gasteiger partial charge in [-0.05, 0) is 55.2 Å². The predicted molar refractivity (Wildman–Crippen MR) is 84.7 cm³/mol. The highest BCUT2D eigenvalue weighted by atomic mass is 32.2. The van der Waals surface area contributed by atoms with Gasteiger partial charge in [0, 0.05) is 16.7 Å². The first-order valence-electron chi connectivity index (χ1n) is 6.75. The molecule has 1 nitrogen and oxygen atoms in total. The zero-order valence-corrected chi connectivity index (χ0v) is 12.7. The van der Waals surface area contributed by atoms with Crippen molar-refractivity contribution in [2.24, 2.45) is 5.73 Å². The van der Waals surface area contributed by atoms with Crippen LogP contribution >= 0.6 is 11.8 Å². The van der Waals surface area contributed by atoms with E-state index in [-0.39, 0.29) is 11.9 Å². The van der Waals surface area contributed by atoms with Gasteiger partial charge in [-0.1, -0.05) is 24.3 Å². The number of nitrogens with two attached hydrogens (primary N) is 1. The summed E-state index contributed by atoms with van der Waals surface area (Å²) in [5.41, 5.74) is 9.55. The van der Waals surface area contributed by atoms with Crippen molar-refractivity contribution in [2.45, 2.75) is 31.2 Å². The maximum absolute atomic E-state index is 13.3. The van der Waals surface area contributed by atoms with Crippen LogP contribution in [0.1, 0.15) is 16.7 Å². The summed E-state index contributed by atoms with van der Waals surface area (Å²) in [7, 11) is 0. The van der Waals surface area contributed by atoms with E-state index in [1.54, 1.807) is 17.8 Å². The quantitative estimate of drug-likeness (QED) is 0.838. The molecule has 2 aromatic carbocycles. The molecule has 0 aliphatic heterocycles. The normalized spacial score (nSPS) is 12.4. The van der Waals surface area contributed by atoms with Gasteiger partial charge in [-0.25, -0.2) is 4.39 Å². The summed E-state index contributed by atoms with van der Waals surface area (Å²) in [4.78, 5) is 1.26. The first-order chi connectivity index (χ1) is 9.56. The van der Waals surface area contributed by atoms with E-state index in [0.717, 1.165) is 16.9 Å². The summed E-state index contributed by atoms with van der Waals surface area (Å²) in [5, 5.41) is 0. The molecule has 20 heavy (non-hydrogen) atoms. The molecule has 0 radical (unpaired) electrons. The SMILES string of the molecule is Cc1ccc(F)cc1CC(N)CSc1ccccc1C. The Morgan fingerprint density at radius 1 is 1.10 bits per heavy atom. The van der Waals surface area contributed by atoms with E-state index in [4.69, 9.17) is 5.73 Å². The van der Waals surface area contributed by atoms with Crippen LogP contribution in [0.25, 0.3) is 0 Å². The molecule has 3 heteroatoms. The molecular weight excluding hydrogens is 269 g/mol. The molecule has 0 amide bonds. The summed E-state index contributed by atoms with van der Waals surface area (Å²) in [5.74, 6) is 0.644. The van der Waals surface area contributed by atoms with Crippen molar-refractivity contribution in [3.8, 4) is 0 Å². The van der Waals surface area contributed by atoms with Gasteiger partial charge in [0.1, 0.15) is 5.82 Å². The minimum atomic E-state index is -0.190. The van der Waals surface area contributed by atoms with Crippen LogP contribution < -0.4 is 5.73 Å². The summed E-state index contributed by atoms with van der Waals surface area (Å²) in [6.45, 7) is 4.10. The highest BCUT2D eigenvalue weighted by Gasteiger charge is 2.09. The lowest BCUT2D eigenvalue weighted by Gasteiger charge is -2.14. The molecular formula is C17H20FNS. The Bertz CT molecular complexity index is 583. The van der Waals surface area contributed by atoms with Crippen molar-refractivity contribution in [3.63, 3.8) is 0 Å². The van der Waals surface area contributed by atoms with Crippen LogP contribution in [0.2, 0.25) is 0 Å². The Kier molecular flexibility index (Phi) is 5.21. The molecule has 2 aromatic rings. The van der Waals surface area contributed by atoms with Crippen molar-refractivity contribution in [3.05, 3.63) is 65.0 Å². The highest BCUT2D eigenvalue weighted by Crippen LogP contribution is 2.23. The van der Waals surface area contributed by atoms with E-state index < -0.39 is 0 Å². The third-order valence-corrected chi connectivity index (χ3v) is 4.70. The van der Waals surface area contributed by atoms with E-state index in [1.807, 2.05) is 25.1 Å². The zero-order chi connectivity index (χ0) is 14.5. The summed E-state index contributed by atoms with van der Waals surface area (Å²) in [6.07, 6.45) is 0.711. The van der Waals surface area contributed by atoms with E-state index in [0.29, 0.717) is 6.42 Å². The second kappa shape index (κ2) is 6.91. The summed E-state index contributed by atoms with van der Waals surface area (Å²) >= 11 is 1.77. The smallest absolute Gasteiger partial charge is 0.123 e. The fourth-order valence-corrected chi connectivity index (χ4v) is 3.10. The average molecular weight is 289 g/mol. The average Bonchev–Trinajstić information content (AvgIpc) is 2.42. The molecule has 0 saturated carbocycles. The second-order valence-electron chi connectivity index (χ2n) is 5.11. The molecule has 106 valence electrons. The number of rotatable bonds is 5. The zero-order valence-electron chi connectivity index (χ0n) is 11.9. The fourth-order valence-electron chi connectivity index (χ4n) is 2.12. The van der Waals surface area contributed by atoms with Gasteiger partial charge in [0.25, 0.3) is 0 Å². The minimum Gasteiger partial charge on any atom is -0.327 e. The molecule has 0 bridgehead atoms. The van der Waals surface area contributed by atoms with Gasteiger partial charge < -0.3 is 5.73 Å². The number of hydrogen-bond donors (Lipinski definition) is 1. The van der Waals surface area contributed by atoms with Crippen LogP contribution in [0.4, 0.5) is 4.39 Å². The third-order valence-electron chi connectivity index (χ3n) is 3.34. The third kappa shape index (κ3) is 4.09. The molecule has 0 saturated heterocycles. The van der Waals surface area contributed by atoms with Gasteiger partial charge in [0.15, 0.2) is 0 Å². The lowest BCUT2D eigenvalue weighted by atomic mass is 10.0. The second-order valence-corrected chi connectivity index (χ2v) is 6.17. The standard InChI is InChI=1S/C17H20FNS/c1-12-7-8-15(18)9-14(12)10-16(19)11-20-17-6-4-3-5-13(17)2/h3-9,16H,10-11,19H2,1-2H3. The molecule has 0 aromatic heterocycles. The maximum atomic E-state index is 13.3. The van der Waals surface area contributed by atoms with Crippen LogP contribution in [-0.4, -0.2) is 11.8 Å². The highest BCUT2D eigenvalue weighted by molar-refractivity contribution is 7.99. The van der Waals surface area contributed by atoms with E-state index in [2.05, 4.69) is 19.1 Å². The Labute approximate surface area is 124 Å². The van der Waals surface area contributed by atoms with Crippen molar-refractivity contribution in [2.75, 3.05) is 5.75 Å². The lowest BCUT2D eigenvalue weighted by molar-refractivity contribution is 0.622. The number of hydrogen-bond acceptors (Lipinski definition) is 2. The molecule has 0 fully saturated rings. The van der Waals surface area contributed by atoms with Crippen molar-refractivity contribution in [1.82, 2.24) is 0 Å². The predicted octanol–water partition coefficient (Wildman–Crippen LogP) is 4.10. The van der Waals surface area contributed by atoms with Crippen LogP contribution in [0.15, 0.2) is 47.4 Å². The number of thioether (sulfide) groups is 1. The molecule has 0 aliphatic rings. The lowest BCUT2D eigenvalue weighted by Crippen LogP contribution is -2.26. The van der Waals surface area contributed by atoms with E-state index in [9.17, 15) is 4.39 Å². The molecule has 1 atom stereocenters. The molecule has 0 aliphatic carbocycles. The van der Waals surface area contributed by atoms with Gasteiger partial charge in [-0.3, -0.25) is 0 Å². The van der Waals surface area contributed by atoms with Gasteiger partial charge in [0.05, 0.1) is 0 Å². The monoisotopic (exact) mass is 289 g/mol. The minimum absolute atomic E-state index is 0.0279. The molecule has 0 heterocycles. The number of benzene rings is 2. The number of halogens is 1. The molecule has 0 spiro atoms. The van der Waals surface area contributed by atoms with Gasteiger partial charge in [-0.15, -0.1) is 11.8 Å². The van der Waals surface area contributed by atoms with Crippen molar-refractivity contribution in [1.29, 1.82) is 0 Å². The molecule has 1 unspecified atom stereocenters. The fraction of sp³-hybridized carbons (Fsp3) is 0.294. The Balaban J connectivity index is 1.94. The van der Waals surface area contributed by atoms with Crippen LogP contribution in [-0.2, 0) is 6.42 Å². The van der Waals surface area contributed by atoms with Crippen LogP contribution in [0.5, 0.6) is 0 Å². The first-order valence-corrected chi connectivity index (χ1v) is 7.74. The Morgan fingerprint density at radius 2 is 1.85 bits per heavy atom. The topological polar surface area (TPSA) is 26.0 Å². The Morgan fingerprint density at radius 3 is 2.60 bits per heavy atom. The summed E-state index contributed by atoms with van der Waals surface area (Å²) in [6, 6.07) is 13.2. The van der Waals surface area contributed by atoms with E-state index in [1.165, 1.54) is 16.5 Å². The van der Waals surface area contributed by atoms with E-state index >= 15 is 0 Å². The largest absolute Gasteiger partial charge is 0.327 e. The van der Waals surface area contributed by atoms with Gasteiger partial charge >= 0.3 is 0 Å². The van der Waals surface area contributed by atoms with Crippen molar-refractivity contribution >= 4 is 11.8 Å².